The molecule has 1 aliphatic carbocycles. The van der Waals surface area contributed by atoms with Crippen LogP contribution >= 0.6 is 11.3 Å². The summed E-state index contributed by atoms with van der Waals surface area (Å²) in [5.41, 5.74) is 16.3. The van der Waals surface area contributed by atoms with Gasteiger partial charge in [0.2, 0.25) is 0 Å². The van der Waals surface area contributed by atoms with E-state index in [2.05, 4.69) is 207 Å². The third-order valence-corrected chi connectivity index (χ3v) is 12.8. The van der Waals surface area contributed by atoms with Crippen LogP contribution in [0.4, 0.5) is 17.1 Å². The highest BCUT2D eigenvalue weighted by Gasteiger charge is 2.36. The van der Waals surface area contributed by atoms with E-state index in [4.69, 9.17) is 0 Å². The first-order valence-corrected chi connectivity index (χ1v) is 19.6. The van der Waals surface area contributed by atoms with Crippen molar-refractivity contribution in [3.8, 4) is 16.8 Å². The molecule has 1 aliphatic rings. The smallest absolute Gasteiger partial charge is 0.0537 e. The van der Waals surface area contributed by atoms with E-state index in [9.17, 15) is 0 Å². The van der Waals surface area contributed by atoms with E-state index in [1.165, 1.54) is 81.4 Å². The molecule has 7 aromatic carbocycles. The third kappa shape index (κ3) is 5.15. The fourth-order valence-electron chi connectivity index (χ4n) is 8.63. The zero-order valence-electron chi connectivity index (χ0n) is 31.0. The molecule has 260 valence electrons. The second-order valence-electron chi connectivity index (χ2n) is 15.1. The topological polar surface area (TPSA) is 8.17 Å². The summed E-state index contributed by atoms with van der Waals surface area (Å²) >= 11 is 1.86. The minimum Gasteiger partial charge on any atom is -0.314 e. The zero-order valence-corrected chi connectivity index (χ0v) is 31.8. The van der Waals surface area contributed by atoms with E-state index in [0.29, 0.717) is 0 Å². The van der Waals surface area contributed by atoms with Gasteiger partial charge < -0.3 is 9.47 Å². The van der Waals surface area contributed by atoms with Gasteiger partial charge in [0, 0.05) is 59.4 Å². The summed E-state index contributed by atoms with van der Waals surface area (Å²) in [7, 11) is 0. The largest absolute Gasteiger partial charge is 0.314 e. The number of thiophene rings is 1. The van der Waals surface area contributed by atoms with Crippen molar-refractivity contribution < 1.29 is 0 Å². The molecule has 54 heavy (non-hydrogen) atoms. The lowest BCUT2D eigenvalue weighted by molar-refractivity contribution is 0.660. The summed E-state index contributed by atoms with van der Waals surface area (Å²) in [4.78, 5) is 2.35. The highest BCUT2D eigenvalue weighted by atomic mass is 32.1. The monoisotopic (exact) mass is 712 g/mol. The molecule has 0 fully saturated rings. The molecule has 0 spiro atoms. The van der Waals surface area contributed by atoms with Crippen molar-refractivity contribution in [2.45, 2.75) is 33.1 Å². The minimum absolute atomic E-state index is 0.114. The lowest BCUT2D eigenvalue weighted by Gasteiger charge is -2.25. The molecular weight excluding hydrogens is 673 g/mol. The van der Waals surface area contributed by atoms with Gasteiger partial charge in [-0.2, -0.15) is 0 Å². The first-order chi connectivity index (χ1) is 26.3. The van der Waals surface area contributed by atoms with Gasteiger partial charge in [-0.1, -0.05) is 111 Å². The number of nitrogens with zero attached hydrogens (tertiary/aromatic N) is 2. The van der Waals surface area contributed by atoms with Crippen molar-refractivity contribution in [2.75, 3.05) is 4.90 Å². The van der Waals surface area contributed by atoms with E-state index < -0.39 is 0 Å². The number of hydrogen-bond donors (Lipinski definition) is 0. The van der Waals surface area contributed by atoms with Crippen LogP contribution in [0.25, 0.3) is 60.0 Å². The Bertz CT molecular complexity index is 2910. The third-order valence-electron chi connectivity index (χ3n) is 11.6. The van der Waals surface area contributed by atoms with Crippen molar-refractivity contribution in [2.24, 2.45) is 0 Å². The molecule has 2 nitrogen and oxygen atoms in total. The van der Waals surface area contributed by atoms with Crippen molar-refractivity contribution in [1.82, 2.24) is 4.57 Å². The number of aryl methyl sites for hydroxylation is 1. The van der Waals surface area contributed by atoms with Gasteiger partial charge in [-0.3, -0.25) is 0 Å². The predicted molar refractivity (Wildman–Crippen MR) is 233 cm³/mol. The fraction of sp³-hybridized carbons (Fsp3) is 0.0980. The number of rotatable bonds is 6. The first kappa shape index (κ1) is 32.5. The molecule has 0 unspecified atom stereocenters. The average Bonchev–Trinajstić information content (AvgIpc) is 3.78. The Hall–Kier alpha value is -6.16. The van der Waals surface area contributed by atoms with Crippen LogP contribution in [0, 0.1) is 13.8 Å². The Morgan fingerprint density at radius 2 is 1.15 bits per heavy atom. The van der Waals surface area contributed by atoms with Crippen LogP contribution in [0.3, 0.4) is 0 Å². The van der Waals surface area contributed by atoms with Crippen LogP contribution in [0.5, 0.6) is 0 Å². The maximum absolute atomic E-state index is 2.45. The second-order valence-corrected chi connectivity index (χ2v) is 16.2. The first-order valence-electron chi connectivity index (χ1n) is 18.8. The van der Waals surface area contributed by atoms with Gasteiger partial charge in [-0.15, -0.1) is 11.3 Å². The molecule has 0 radical (unpaired) electrons. The Labute approximate surface area is 320 Å². The van der Waals surface area contributed by atoms with E-state index in [1.54, 1.807) is 0 Å². The van der Waals surface area contributed by atoms with Gasteiger partial charge in [0.1, 0.15) is 0 Å². The van der Waals surface area contributed by atoms with Crippen molar-refractivity contribution >= 4 is 71.6 Å². The number of hydrogen-bond acceptors (Lipinski definition) is 2. The highest BCUT2D eigenvalue weighted by Crippen LogP contribution is 2.51. The molecule has 0 saturated heterocycles. The molecule has 0 bridgehead atoms. The van der Waals surface area contributed by atoms with Crippen LogP contribution < -0.4 is 4.90 Å². The van der Waals surface area contributed by atoms with Crippen LogP contribution in [0.1, 0.15) is 47.4 Å². The Kier molecular flexibility index (Phi) is 7.50. The molecule has 10 rings (SSSR count). The molecule has 0 amide bonds. The Balaban J connectivity index is 0.968. The standard InChI is InChI=1S/C51H40N2S/c1-33-34(2)52(37-13-7-5-8-14-37)48-32-47-44(31-43(33)48)41-27-23-36(29-46(41)51(47,3)4)20-19-35-21-24-39(25-22-35)53(38-15-9-6-10-16-38)40-26-28-50-45(30-40)42-17-11-12-18-49(42)54-50/h5-32H,1-4H3. The van der Waals surface area contributed by atoms with Crippen LogP contribution in [-0.2, 0) is 5.41 Å². The van der Waals surface area contributed by atoms with E-state index in [1.807, 2.05) is 11.3 Å². The van der Waals surface area contributed by atoms with Gasteiger partial charge in [0.05, 0.1) is 5.52 Å². The fourth-order valence-corrected chi connectivity index (χ4v) is 9.72. The molecule has 3 heteroatoms. The number of benzene rings is 7. The number of fused-ring (bicyclic) bond motifs is 7. The summed E-state index contributed by atoms with van der Waals surface area (Å²) in [6.45, 7) is 9.25. The summed E-state index contributed by atoms with van der Waals surface area (Å²) < 4.78 is 5.06. The predicted octanol–water partition coefficient (Wildman–Crippen LogP) is 14.6. The second kappa shape index (κ2) is 12.5. The number of aromatic nitrogens is 1. The van der Waals surface area contributed by atoms with E-state index in [0.717, 1.165) is 17.1 Å². The molecule has 0 saturated carbocycles. The van der Waals surface area contributed by atoms with E-state index >= 15 is 0 Å². The SMILES string of the molecule is Cc1c(C)n(-c2ccccc2)c2cc3c(cc12)-c1ccc(C=Cc2ccc(N(c4ccccc4)c4ccc5sc6ccccc6c5c4)cc2)cc1C3(C)C. The normalized spacial score (nSPS) is 13.3. The van der Waals surface area contributed by atoms with Gasteiger partial charge in [-0.05, 0) is 126 Å². The van der Waals surface area contributed by atoms with Gasteiger partial charge >= 0.3 is 0 Å². The molecule has 0 atom stereocenters. The maximum Gasteiger partial charge on any atom is 0.0537 e. The van der Waals surface area contributed by atoms with Gasteiger partial charge in [-0.25, -0.2) is 0 Å². The van der Waals surface area contributed by atoms with Crippen molar-refractivity contribution in [1.29, 1.82) is 0 Å². The highest BCUT2D eigenvalue weighted by molar-refractivity contribution is 7.25. The summed E-state index contributed by atoms with van der Waals surface area (Å²) in [6.07, 6.45) is 4.49. The Morgan fingerprint density at radius 1 is 0.519 bits per heavy atom. The van der Waals surface area contributed by atoms with Crippen LogP contribution in [0.2, 0.25) is 0 Å². The summed E-state index contributed by atoms with van der Waals surface area (Å²) in [6, 6.07) is 57.8. The minimum atomic E-state index is -0.114. The molecule has 9 aromatic rings. The van der Waals surface area contributed by atoms with Gasteiger partial charge in [0.15, 0.2) is 0 Å². The number of anilines is 3. The average molecular weight is 713 g/mol. The quantitative estimate of drug-likeness (QED) is 0.156. The molecule has 0 aliphatic heterocycles. The Morgan fingerprint density at radius 3 is 1.94 bits per heavy atom. The van der Waals surface area contributed by atoms with Crippen LogP contribution in [-0.4, -0.2) is 4.57 Å². The van der Waals surface area contributed by atoms with Crippen molar-refractivity contribution in [3.63, 3.8) is 0 Å². The van der Waals surface area contributed by atoms with Gasteiger partial charge in [0.25, 0.3) is 0 Å². The summed E-state index contributed by atoms with van der Waals surface area (Å²) in [5, 5.41) is 3.94. The zero-order chi connectivity index (χ0) is 36.6. The molecule has 0 N–H and O–H groups in total. The molecule has 2 aromatic heterocycles. The van der Waals surface area contributed by atoms with Crippen LogP contribution in [0.15, 0.2) is 158 Å². The summed E-state index contributed by atoms with van der Waals surface area (Å²) in [5.74, 6) is 0. The lowest BCUT2D eigenvalue weighted by Crippen LogP contribution is -2.15. The van der Waals surface area contributed by atoms with Crippen molar-refractivity contribution in [3.05, 3.63) is 191 Å². The van der Waals surface area contributed by atoms with E-state index in [-0.39, 0.29) is 5.41 Å². The maximum atomic E-state index is 2.45. The lowest BCUT2D eigenvalue weighted by atomic mass is 9.81. The molecule has 2 heterocycles. The molecular formula is C51H40N2S. The number of para-hydroxylation sites is 2.